The minimum absolute atomic E-state index is 0.180. The monoisotopic (exact) mass is 211 g/mol. The van der Waals surface area contributed by atoms with Crippen LogP contribution in [0.1, 0.15) is 18.1 Å². The molecule has 0 aromatic heterocycles. The summed E-state index contributed by atoms with van der Waals surface area (Å²) < 4.78 is 0. The molecule has 2 heteroatoms. The van der Waals surface area contributed by atoms with Crippen molar-refractivity contribution in [1.29, 1.82) is 0 Å². The Balaban J connectivity index is 2.94. The summed E-state index contributed by atoms with van der Waals surface area (Å²) in [6.45, 7) is 7.17. The van der Waals surface area contributed by atoms with Crippen LogP contribution in [-0.2, 0) is 0 Å². The fourth-order valence-electron chi connectivity index (χ4n) is 1.88. The second-order valence-electron chi connectivity index (χ2n) is 3.90. The summed E-state index contributed by atoms with van der Waals surface area (Å²) in [7, 11) is 2.09. The molecule has 14 heavy (non-hydrogen) atoms. The van der Waals surface area contributed by atoms with Crippen LogP contribution in [0.5, 0.6) is 0 Å². The highest BCUT2D eigenvalue weighted by atomic mass is 35.5. The maximum Gasteiger partial charge on any atom is 0.0482 e. The fourth-order valence-corrected chi connectivity index (χ4v) is 2.08. The van der Waals surface area contributed by atoms with E-state index in [1.165, 1.54) is 16.8 Å². The third-order valence-electron chi connectivity index (χ3n) is 2.35. The number of alkyl halides is 1. The van der Waals surface area contributed by atoms with Crippen molar-refractivity contribution in [1.82, 2.24) is 0 Å². The van der Waals surface area contributed by atoms with E-state index < -0.39 is 0 Å². The molecule has 0 radical (unpaired) electrons. The number of anilines is 1. The van der Waals surface area contributed by atoms with Crippen molar-refractivity contribution in [3.63, 3.8) is 0 Å². The lowest BCUT2D eigenvalue weighted by Crippen LogP contribution is -2.25. The van der Waals surface area contributed by atoms with Gasteiger partial charge in [0.1, 0.15) is 0 Å². The molecule has 1 rings (SSSR count). The molecule has 1 unspecified atom stereocenters. The minimum Gasteiger partial charge on any atom is -0.373 e. The van der Waals surface area contributed by atoms with Gasteiger partial charge in [-0.3, -0.25) is 0 Å². The number of rotatable bonds is 3. The van der Waals surface area contributed by atoms with Gasteiger partial charge in [0, 0.05) is 24.7 Å². The first-order valence-corrected chi connectivity index (χ1v) is 5.37. The summed E-state index contributed by atoms with van der Waals surface area (Å²) in [4.78, 5) is 2.22. The zero-order chi connectivity index (χ0) is 10.7. The summed E-state index contributed by atoms with van der Waals surface area (Å²) in [5.74, 6) is 0. The van der Waals surface area contributed by atoms with Crippen LogP contribution in [0.25, 0.3) is 0 Å². The molecular weight excluding hydrogens is 194 g/mol. The zero-order valence-electron chi connectivity index (χ0n) is 9.34. The lowest BCUT2D eigenvalue weighted by Gasteiger charge is -2.24. The van der Waals surface area contributed by atoms with Gasteiger partial charge < -0.3 is 4.90 Å². The molecule has 78 valence electrons. The van der Waals surface area contributed by atoms with Crippen molar-refractivity contribution >= 4 is 17.3 Å². The van der Waals surface area contributed by atoms with Crippen LogP contribution in [0, 0.1) is 13.8 Å². The standard InChI is InChI=1S/C12H18ClN/c1-9-6-5-7-10(2)12(9)14(4)8-11(3)13/h5-7,11H,8H2,1-4H3. The number of hydrogen-bond donors (Lipinski definition) is 0. The van der Waals surface area contributed by atoms with Gasteiger partial charge in [-0.25, -0.2) is 0 Å². The van der Waals surface area contributed by atoms with E-state index in [4.69, 9.17) is 11.6 Å². The Kier molecular flexibility index (Phi) is 3.82. The Morgan fingerprint density at radius 2 is 1.79 bits per heavy atom. The van der Waals surface area contributed by atoms with Crippen molar-refractivity contribution in [2.45, 2.75) is 26.1 Å². The molecule has 0 aliphatic carbocycles. The molecule has 1 aromatic carbocycles. The summed E-state index contributed by atoms with van der Waals surface area (Å²) in [5, 5.41) is 0.180. The Bertz CT molecular complexity index is 287. The smallest absolute Gasteiger partial charge is 0.0482 e. The fraction of sp³-hybridized carbons (Fsp3) is 0.500. The van der Waals surface area contributed by atoms with Gasteiger partial charge in [0.05, 0.1) is 0 Å². The molecule has 0 heterocycles. The first-order chi connectivity index (χ1) is 6.52. The van der Waals surface area contributed by atoms with Gasteiger partial charge in [-0.1, -0.05) is 18.2 Å². The maximum atomic E-state index is 5.99. The van der Waals surface area contributed by atoms with Gasteiger partial charge in [0.2, 0.25) is 0 Å². The third-order valence-corrected chi connectivity index (χ3v) is 2.48. The molecule has 0 spiro atoms. The summed E-state index contributed by atoms with van der Waals surface area (Å²) in [6, 6.07) is 6.36. The van der Waals surface area contributed by atoms with Gasteiger partial charge in [-0.15, -0.1) is 11.6 Å². The second kappa shape index (κ2) is 4.70. The number of hydrogen-bond acceptors (Lipinski definition) is 1. The Hall–Kier alpha value is -0.690. The first-order valence-electron chi connectivity index (χ1n) is 4.93. The topological polar surface area (TPSA) is 3.24 Å². The van der Waals surface area contributed by atoms with E-state index >= 15 is 0 Å². The number of nitrogens with zero attached hydrogens (tertiary/aromatic N) is 1. The number of aryl methyl sites for hydroxylation is 2. The highest BCUT2D eigenvalue weighted by molar-refractivity contribution is 6.20. The van der Waals surface area contributed by atoms with Crippen molar-refractivity contribution in [3.8, 4) is 0 Å². The van der Waals surface area contributed by atoms with Crippen LogP contribution >= 0.6 is 11.6 Å². The van der Waals surface area contributed by atoms with Gasteiger partial charge in [-0.2, -0.15) is 0 Å². The Morgan fingerprint density at radius 1 is 1.29 bits per heavy atom. The van der Waals surface area contributed by atoms with Crippen LogP contribution in [-0.4, -0.2) is 19.0 Å². The third kappa shape index (κ3) is 2.65. The molecule has 0 aliphatic rings. The van der Waals surface area contributed by atoms with Crippen molar-refractivity contribution in [3.05, 3.63) is 29.3 Å². The van der Waals surface area contributed by atoms with E-state index in [0.717, 1.165) is 6.54 Å². The van der Waals surface area contributed by atoms with Crippen LogP contribution < -0.4 is 4.90 Å². The van der Waals surface area contributed by atoms with Gasteiger partial charge in [0.25, 0.3) is 0 Å². The van der Waals surface area contributed by atoms with E-state index in [-0.39, 0.29) is 5.38 Å². The van der Waals surface area contributed by atoms with Crippen LogP contribution in [0.3, 0.4) is 0 Å². The van der Waals surface area contributed by atoms with Crippen molar-refractivity contribution in [2.24, 2.45) is 0 Å². The minimum atomic E-state index is 0.180. The van der Waals surface area contributed by atoms with Crippen LogP contribution in [0.4, 0.5) is 5.69 Å². The Morgan fingerprint density at radius 3 is 2.21 bits per heavy atom. The summed E-state index contributed by atoms with van der Waals surface area (Å²) in [5.41, 5.74) is 3.93. The highest BCUT2D eigenvalue weighted by Gasteiger charge is 2.09. The zero-order valence-corrected chi connectivity index (χ0v) is 10.1. The van der Waals surface area contributed by atoms with Crippen molar-refractivity contribution in [2.75, 3.05) is 18.5 Å². The maximum absolute atomic E-state index is 5.99. The predicted octanol–water partition coefficient (Wildman–Crippen LogP) is 3.37. The SMILES string of the molecule is Cc1cccc(C)c1N(C)CC(C)Cl. The highest BCUT2D eigenvalue weighted by Crippen LogP contribution is 2.23. The molecule has 0 amide bonds. The number of benzene rings is 1. The summed E-state index contributed by atoms with van der Waals surface area (Å²) in [6.07, 6.45) is 0. The molecule has 0 aliphatic heterocycles. The number of halogens is 1. The lowest BCUT2D eigenvalue weighted by molar-refractivity contribution is 0.853. The Labute approximate surface area is 91.7 Å². The molecule has 0 bridgehead atoms. The molecular formula is C12H18ClN. The molecule has 0 saturated heterocycles. The van der Waals surface area contributed by atoms with Crippen molar-refractivity contribution < 1.29 is 0 Å². The molecule has 1 aromatic rings. The van der Waals surface area contributed by atoms with E-state index in [1.54, 1.807) is 0 Å². The van der Waals surface area contributed by atoms with Gasteiger partial charge in [0.15, 0.2) is 0 Å². The lowest BCUT2D eigenvalue weighted by atomic mass is 10.1. The van der Waals surface area contributed by atoms with Crippen LogP contribution in [0.15, 0.2) is 18.2 Å². The first kappa shape index (κ1) is 11.4. The average Bonchev–Trinajstić information content (AvgIpc) is 2.01. The average molecular weight is 212 g/mol. The van der Waals surface area contributed by atoms with E-state index in [0.29, 0.717) is 0 Å². The summed E-state index contributed by atoms with van der Waals surface area (Å²) >= 11 is 5.99. The van der Waals surface area contributed by atoms with E-state index in [1.807, 2.05) is 6.92 Å². The molecule has 1 atom stereocenters. The second-order valence-corrected chi connectivity index (χ2v) is 4.65. The molecule has 0 fully saturated rings. The van der Waals surface area contributed by atoms with E-state index in [2.05, 4.69) is 44.0 Å². The number of para-hydroxylation sites is 1. The normalized spacial score (nSPS) is 12.6. The molecule has 1 nitrogen and oxygen atoms in total. The molecule has 0 N–H and O–H groups in total. The van der Waals surface area contributed by atoms with Gasteiger partial charge >= 0.3 is 0 Å². The quantitative estimate of drug-likeness (QED) is 0.693. The van der Waals surface area contributed by atoms with Gasteiger partial charge in [-0.05, 0) is 31.9 Å². The van der Waals surface area contributed by atoms with E-state index in [9.17, 15) is 0 Å². The molecule has 0 saturated carbocycles. The predicted molar refractivity (Wildman–Crippen MR) is 64.5 cm³/mol. The van der Waals surface area contributed by atoms with Crippen LogP contribution in [0.2, 0.25) is 0 Å². The largest absolute Gasteiger partial charge is 0.373 e.